The number of aromatic nitrogens is 2. The molecular weight excluding hydrogens is 256 g/mol. The molecule has 0 atom stereocenters. The minimum atomic E-state index is -0.857. The van der Waals surface area contributed by atoms with Crippen LogP contribution >= 0.6 is 0 Å². The van der Waals surface area contributed by atoms with E-state index in [0.717, 1.165) is 13.3 Å². The number of aromatic hydroxyl groups is 1. The molecule has 0 amide bonds. The van der Waals surface area contributed by atoms with E-state index in [1.54, 1.807) is 0 Å². The van der Waals surface area contributed by atoms with E-state index in [-0.39, 0.29) is 22.3 Å². The van der Waals surface area contributed by atoms with Crippen molar-refractivity contribution in [1.29, 1.82) is 0 Å². The van der Waals surface area contributed by atoms with E-state index in [9.17, 15) is 19.5 Å². The van der Waals surface area contributed by atoms with Gasteiger partial charge in [-0.15, -0.1) is 0 Å². The number of carbonyl (C=O) groups excluding carboxylic acids is 1. The third-order valence-electron chi connectivity index (χ3n) is 2.58. The first-order valence-corrected chi connectivity index (χ1v) is 5.14. The van der Waals surface area contributed by atoms with Crippen molar-refractivity contribution in [3.63, 3.8) is 0 Å². The maximum absolute atomic E-state index is 11.8. The van der Waals surface area contributed by atoms with Gasteiger partial charge in [0, 0.05) is 6.20 Å². The maximum atomic E-state index is 11.8. The number of methoxy groups -OCH3 is 2. The molecule has 2 rings (SSSR count). The summed E-state index contributed by atoms with van der Waals surface area (Å²) < 4.78 is 9.51. The third-order valence-corrected chi connectivity index (χ3v) is 2.58. The average Bonchev–Trinajstić information content (AvgIpc) is 2.41. The molecule has 19 heavy (non-hydrogen) atoms. The molecule has 0 saturated carbocycles. The molecule has 8 nitrogen and oxygen atoms in total. The van der Waals surface area contributed by atoms with E-state index in [0.29, 0.717) is 0 Å². The summed E-state index contributed by atoms with van der Waals surface area (Å²) in [4.78, 5) is 39.8. The number of H-pyrrole nitrogens is 2. The van der Waals surface area contributed by atoms with Crippen molar-refractivity contribution in [3.8, 4) is 11.5 Å². The Morgan fingerprint density at radius 2 is 2.00 bits per heavy atom. The molecular formula is C11H10N2O6. The fourth-order valence-electron chi connectivity index (χ4n) is 1.72. The molecule has 0 aromatic carbocycles. The van der Waals surface area contributed by atoms with Crippen LogP contribution in [0.3, 0.4) is 0 Å². The van der Waals surface area contributed by atoms with Crippen LogP contribution in [-0.2, 0) is 4.74 Å². The zero-order chi connectivity index (χ0) is 14.2. The summed E-state index contributed by atoms with van der Waals surface area (Å²) >= 11 is 0. The Labute approximate surface area is 105 Å². The van der Waals surface area contributed by atoms with Gasteiger partial charge in [-0.2, -0.15) is 0 Å². The van der Waals surface area contributed by atoms with E-state index in [1.807, 2.05) is 0 Å². The number of rotatable bonds is 2. The topological polar surface area (TPSA) is 121 Å². The van der Waals surface area contributed by atoms with E-state index in [1.165, 1.54) is 7.11 Å². The van der Waals surface area contributed by atoms with Crippen LogP contribution in [0.25, 0.3) is 10.9 Å². The van der Waals surface area contributed by atoms with Crippen LogP contribution in [0.15, 0.2) is 15.8 Å². The molecule has 3 N–H and O–H groups in total. The lowest BCUT2D eigenvalue weighted by molar-refractivity contribution is 0.0590. The van der Waals surface area contributed by atoms with Gasteiger partial charge in [0.1, 0.15) is 10.9 Å². The maximum Gasteiger partial charge on any atom is 0.358 e. The number of carbonyl (C=O) groups is 1. The number of esters is 1. The SMILES string of the molecule is COC(=O)c1[nH]c(=O)c2c(=O)c(O)c[nH]c2c1OC. The van der Waals surface area contributed by atoms with Crippen molar-refractivity contribution in [2.24, 2.45) is 0 Å². The Balaban J connectivity index is 3.00. The third kappa shape index (κ3) is 1.82. The van der Waals surface area contributed by atoms with Crippen molar-refractivity contribution in [3.05, 3.63) is 32.5 Å². The standard InChI is InChI=1S/C11H10N2O6/c1-18-9-6-5(8(15)4(14)3-12-6)10(16)13-7(9)11(17)19-2/h3,14H,1-2H3,(H,12,15)(H,13,16). The highest BCUT2D eigenvalue weighted by Gasteiger charge is 2.21. The summed E-state index contributed by atoms with van der Waals surface area (Å²) in [5, 5.41) is 8.97. The number of ether oxygens (including phenoxy) is 2. The lowest BCUT2D eigenvalue weighted by Gasteiger charge is -2.09. The summed E-state index contributed by atoms with van der Waals surface area (Å²) in [7, 11) is 2.41. The molecule has 0 spiro atoms. The number of aromatic amines is 2. The second-order valence-corrected chi connectivity index (χ2v) is 3.61. The zero-order valence-electron chi connectivity index (χ0n) is 10.1. The van der Waals surface area contributed by atoms with Crippen LogP contribution in [0, 0.1) is 0 Å². The Morgan fingerprint density at radius 1 is 1.32 bits per heavy atom. The van der Waals surface area contributed by atoms with Crippen LogP contribution in [0.4, 0.5) is 0 Å². The Bertz CT molecular complexity index is 773. The lowest BCUT2D eigenvalue weighted by Crippen LogP contribution is -2.21. The summed E-state index contributed by atoms with van der Waals surface area (Å²) in [6.07, 6.45) is 1.01. The highest BCUT2D eigenvalue weighted by atomic mass is 16.5. The molecule has 0 bridgehead atoms. The van der Waals surface area contributed by atoms with Crippen molar-refractivity contribution in [2.45, 2.75) is 0 Å². The second-order valence-electron chi connectivity index (χ2n) is 3.61. The van der Waals surface area contributed by atoms with Gasteiger partial charge in [0.05, 0.1) is 14.2 Å². The molecule has 2 heterocycles. The van der Waals surface area contributed by atoms with Crippen molar-refractivity contribution < 1.29 is 19.4 Å². The van der Waals surface area contributed by atoms with Gasteiger partial charge < -0.3 is 24.5 Å². The number of fused-ring (bicyclic) bond motifs is 1. The van der Waals surface area contributed by atoms with Crippen molar-refractivity contribution in [2.75, 3.05) is 14.2 Å². The summed E-state index contributed by atoms with van der Waals surface area (Å²) in [5.74, 6) is -1.46. The normalized spacial score (nSPS) is 10.4. The number of nitrogens with one attached hydrogen (secondary N) is 2. The minimum Gasteiger partial charge on any atom is -0.503 e. The van der Waals surface area contributed by atoms with Crippen molar-refractivity contribution in [1.82, 2.24) is 9.97 Å². The van der Waals surface area contributed by atoms with Gasteiger partial charge in [-0.3, -0.25) is 9.59 Å². The predicted octanol–water partition coefficient (Wildman–Crippen LogP) is -0.283. The molecule has 0 radical (unpaired) electrons. The first-order chi connectivity index (χ1) is 9.01. The summed E-state index contributed by atoms with van der Waals surface area (Å²) in [5.41, 5.74) is -1.89. The number of pyridine rings is 2. The Morgan fingerprint density at radius 3 is 2.58 bits per heavy atom. The molecule has 2 aromatic rings. The Kier molecular flexibility index (Phi) is 2.99. The van der Waals surface area contributed by atoms with E-state index >= 15 is 0 Å². The van der Waals surface area contributed by atoms with Crippen LogP contribution < -0.4 is 15.7 Å². The van der Waals surface area contributed by atoms with Gasteiger partial charge in [0.15, 0.2) is 17.2 Å². The van der Waals surface area contributed by atoms with Crippen LogP contribution in [0.1, 0.15) is 10.5 Å². The molecule has 0 unspecified atom stereocenters. The molecule has 0 aliphatic carbocycles. The quantitative estimate of drug-likeness (QED) is 0.642. The van der Waals surface area contributed by atoms with E-state index in [4.69, 9.17) is 4.74 Å². The van der Waals surface area contributed by atoms with E-state index < -0.39 is 22.7 Å². The first kappa shape index (κ1) is 12.7. The van der Waals surface area contributed by atoms with Gasteiger partial charge in [0.25, 0.3) is 5.56 Å². The largest absolute Gasteiger partial charge is 0.503 e. The lowest BCUT2D eigenvalue weighted by atomic mass is 10.2. The van der Waals surface area contributed by atoms with Crippen molar-refractivity contribution >= 4 is 16.9 Å². The highest BCUT2D eigenvalue weighted by Crippen LogP contribution is 2.23. The van der Waals surface area contributed by atoms with E-state index in [2.05, 4.69) is 14.7 Å². The predicted molar refractivity (Wildman–Crippen MR) is 64.7 cm³/mol. The van der Waals surface area contributed by atoms with Gasteiger partial charge in [-0.05, 0) is 0 Å². The molecule has 2 aromatic heterocycles. The molecule has 8 heteroatoms. The van der Waals surface area contributed by atoms with Gasteiger partial charge in [-0.25, -0.2) is 4.79 Å². The van der Waals surface area contributed by atoms with Crippen LogP contribution in [0.5, 0.6) is 11.5 Å². The summed E-state index contributed by atoms with van der Waals surface area (Å²) in [6.45, 7) is 0. The monoisotopic (exact) mass is 266 g/mol. The molecule has 0 saturated heterocycles. The molecule has 0 aliphatic rings. The summed E-state index contributed by atoms with van der Waals surface area (Å²) in [6, 6.07) is 0. The zero-order valence-corrected chi connectivity index (χ0v) is 10.1. The number of hydrogen-bond donors (Lipinski definition) is 3. The average molecular weight is 266 g/mol. The highest BCUT2D eigenvalue weighted by molar-refractivity contribution is 5.97. The molecule has 100 valence electrons. The first-order valence-electron chi connectivity index (χ1n) is 5.14. The smallest absolute Gasteiger partial charge is 0.358 e. The fraction of sp³-hybridized carbons (Fsp3) is 0.182. The minimum absolute atomic E-state index is 0.00875. The Hall–Kier alpha value is -2.77. The molecule has 0 aliphatic heterocycles. The van der Waals surface area contributed by atoms with Gasteiger partial charge in [-0.1, -0.05) is 0 Å². The van der Waals surface area contributed by atoms with Gasteiger partial charge in [0.2, 0.25) is 5.43 Å². The second kappa shape index (κ2) is 4.48. The number of hydrogen-bond acceptors (Lipinski definition) is 6. The van der Waals surface area contributed by atoms with Crippen LogP contribution in [-0.4, -0.2) is 35.3 Å². The molecule has 0 fully saturated rings. The van der Waals surface area contributed by atoms with Gasteiger partial charge >= 0.3 is 5.97 Å². The van der Waals surface area contributed by atoms with Crippen LogP contribution in [0.2, 0.25) is 0 Å². The fourth-order valence-corrected chi connectivity index (χ4v) is 1.72.